The molecule has 5 heteroatoms. The minimum Gasteiger partial charge on any atom is -0.476 e. The molecule has 1 aromatic rings. The summed E-state index contributed by atoms with van der Waals surface area (Å²) in [5, 5.41) is 12.9. The van der Waals surface area contributed by atoms with Crippen LogP contribution in [-0.4, -0.2) is 20.9 Å². The van der Waals surface area contributed by atoms with Gasteiger partial charge in [0.2, 0.25) is 0 Å². The van der Waals surface area contributed by atoms with E-state index in [2.05, 4.69) is 5.10 Å². The smallest absolute Gasteiger partial charge is 0.355 e. The highest BCUT2D eigenvalue weighted by molar-refractivity contribution is 14.1. The van der Waals surface area contributed by atoms with Gasteiger partial charge in [-0.1, -0.05) is 0 Å². The van der Waals surface area contributed by atoms with Crippen LogP contribution < -0.4 is 0 Å². The van der Waals surface area contributed by atoms with E-state index in [4.69, 9.17) is 5.11 Å². The summed E-state index contributed by atoms with van der Waals surface area (Å²) in [6.45, 7) is 0. The standard InChI is InChI=1S/C7H7IN2O2/c8-5-3-9-10(4-1-2-4)6(5)7(11)12/h3-4H,1-2H2,(H,11,12). The van der Waals surface area contributed by atoms with Gasteiger partial charge in [-0.3, -0.25) is 4.68 Å². The summed E-state index contributed by atoms with van der Waals surface area (Å²) < 4.78 is 2.33. The third-order valence-corrected chi connectivity index (χ3v) is 2.64. The molecule has 0 spiro atoms. The van der Waals surface area contributed by atoms with Crippen molar-refractivity contribution >= 4 is 28.6 Å². The zero-order chi connectivity index (χ0) is 8.72. The lowest BCUT2D eigenvalue weighted by Gasteiger charge is -2.00. The quantitative estimate of drug-likeness (QED) is 0.834. The number of halogens is 1. The lowest BCUT2D eigenvalue weighted by Crippen LogP contribution is -2.09. The van der Waals surface area contributed by atoms with E-state index in [1.54, 1.807) is 10.9 Å². The van der Waals surface area contributed by atoms with Crippen molar-refractivity contribution in [1.29, 1.82) is 0 Å². The molecule has 1 aromatic heterocycles. The van der Waals surface area contributed by atoms with E-state index in [0.717, 1.165) is 12.8 Å². The van der Waals surface area contributed by atoms with Crippen LogP contribution in [0.15, 0.2) is 6.20 Å². The van der Waals surface area contributed by atoms with Gasteiger partial charge in [0.05, 0.1) is 15.8 Å². The summed E-state index contributed by atoms with van der Waals surface area (Å²) in [5.41, 5.74) is 0.332. The molecule has 1 heterocycles. The molecule has 1 fully saturated rings. The van der Waals surface area contributed by atoms with Crippen molar-refractivity contribution in [2.24, 2.45) is 0 Å². The lowest BCUT2D eigenvalue weighted by molar-refractivity contribution is 0.0682. The molecule has 0 aliphatic heterocycles. The van der Waals surface area contributed by atoms with Crippen molar-refractivity contribution in [1.82, 2.24) is 9.78 Å². The van der Waals surface area contributed by atoms with E-state index < -0.39 is 5.97 Å². The number of carboxylic acid groups (broad SMARTS) is 1. The molecule has 1 aliphatic rings. The van der Waals surface area contributed by atoms with Crippen LogP contribution in [0.2, 0.25) is 0 Å². The van der Waals surface area contributed by atoms with Gasteiger partial charge in [0.1, 0.15) is 0 Å². The van der Waals surface area contributed by atoms with Crippen LogP contribution in [0.5, 0.6) is 0 Å². The topological polar surface area (TPSA) is 55.1 Å². The van der Waals surface area contributed by atoms with E-state index in [1.165, 1.54) is 0 Å². The normalized spacial score (nSPS) is 16.4. The first-order valence-electron chi connectivity index (χ1n) is 3.66. The second-order valence-corrected chi connectivity index (χ2v) is 3.98. The molecule has 12 heavy (non-hydrogen) atoms. The number of nitrogens with zero attached hydrogens (tertiary/aromatic N) is 2. The van der Waals surface area contributed by atoms with Crippen molar-refractivity contribution in [3.05, 3.63) is 15.5 Å². The Balaban J connectivity index is 2.46. The van der Waals surface area contributed by atoms with Gasteiger partial charge in [-0.05, 0) is 35.4 Å². The van der Waals surface area contributed by atoms with Gasteiger partial charge in [-0.15, -0.1) is 0 Å². The van der Waals surface area contributed by atoms with E-state index in [-0.39, 0.29) is 0 Å². The molecule has 64 valence electrons. The first kappa shape index (κ1) is 8.03. The maximum atomic E-state index is 10.8. The molecule has 0 radical (unpaired) electrons. The molecule has 0 amide bonds. The molecule has 0 saturated heterocycles. The highest BCUT2D eigenvalue weighted by Crippen LogP contribution is 2.35. The first-order chi connectivity index (χ1) is 5.70. The summed E-state index contributed by atoms with van der Waals surface area (Å²) in [6.07, 6.45) is 3.71. The van der Waals surface area contributed by atoms with E-state index >= 15 is 0 Å². The maximum Gasteiger partial charge on any atom is 0.355 e. The number of aromatic carboxylic acids is 1. The SMILES string of the molecule is O=C(O)c1c(I)cnn1C1CC1. The van der Waals surface area contributed by atoms with Gasteiger partial charge in [-0.25, -0.2) is 4.79 Å². The molecule has 1 N–H and O–H groups in total. The average Bonchev–Trinajstić information content (AvgIpc) is 2.75. The minimum atomic E-state index is -0.885. The molecule has 0 unspecified atom stereocenters. The van der Waals surface area contributed by atoms with Crippen LogP contribution in [0, 0.1) is 3.57 Å². The van der Waals surface area contributed by atoms with Gasteiger partial charge >= 0.3 is 5.97 Å². The van der Waals surface area contributed by atoms with Crippen molar-refractivity contribution in [3.8, 4) is 0 Å². The van der Waals surface area contributed by atoms with Crippen LogP contribution in [0.4, 0.5) is 0 Å². The second kappa shape index (κ2) is 2.72. The molecule has 4 nitrogen and oxygen atoms in total. The highest BCUT2D eigenvalue weighted by Gasteiger charge is 2.29. The maximum absolute atomic E-state index is 10.8. The summed E-state index contributed by atoms with van der Waals surface area (Å²) in [4.78, 5) is 10.8. The predicted octanol–water partition coefficient (Wildman–Crippen LogP) is 1.52. The van der Waals surface area contributed by atoms with Crippen molar-refractivity contribution < 1.29 is 9.90 Å². The van der Waals surface area contributed by atoms with Crippen molar-refractivity contribution in [2.45, 2.75) is 18.9 Å². The fourth-order valence-electron chi connectivity index (χ4n) is 1.14. The Kier molecular flexibility index (Phi) is 1.82. The molecular formula is C7H7IN2O2. The van der Waals surface area contributed by atoms with E-state index in [1.807, 2.05) is 22.6 Å². The Hall–Kier alpha value is -0.590. The Morgan fingerprint density at radius 2 is 2.42 bits per heavy atom. The van der Waals surface area contributed by atoms with Crippen molar-refractivity contribution in [2.75, 3.05) is 0 Å². The Morgan fingerprint density at radius 1 is 1.75 bits per heavy atom. The fourth-order valence-corrected chi connectivity index (χ4v) is 1.74. The second-order valence-electron chi connectivity index (χ2n) is 2.82. The van der Waals surface area contributed by atoms with Gasteiger partial charge < -0.3 is 5.11 Å². The number of carbonyl (C=O) groups is 1. The van der Waals surface area contributed by atoms with Crippen LogP contribution >= 0.6 is 22.6 Å². The zero-order valence-corrected chi connectivity index (χ0v) is 8.35. The molecule has 1 aliphatic carbocycles. The summed E-state index contributed by atoms with van der Waals surface area (Å²) in [6, 6.07) is 0.333. The average molecular weight is 278 g/mol. The number of carboxylic acids is 1. The fraction of sp³-hybridized carbons (Fsp3) is 0.429. The van der Waals surface area contributed by atoms with Crippen molar-refractivity contribution in [3.63, 3.8) is 0 Å². The van der Waals surface area contributed by atoms with E-state index in [0.29, 0.717) is 15.3 Å². The van der Waals surface area contributed by atoms with Gasteiger partial charge in [-0.2, -0.15) is 5.10 Å². The van der Waals surface area contributed by atoms with Gasteiger partial charge in [0.15, 0.2) is 5.69 Å². The molecule has 2 rings (SSSR count). The molecule has 0 atom stereocenters. The van der Waals surface area contributed by atoms with Crippen LogP contribution in [0.3, 0.4) is 0 Å². The van der Waals surface area contributed by atoms with Crippen LogP contribution in [0.1, 0.15) is 29.4 Å². The predicted molar refractivity (Wildman–Crippen MR) is 50.2 cm³/mol. The number of rotatable bonds is 2. The first-order valence-corrected chi connectivity index (χ1v) is 4.74. The Morgan fingerprint density at radius 3 is 2.92 bits per heavy atom. The number of hydrogen-bond donors (Lipinski definition) is 1. The van der Waals surface area contributed by atoms with Gasteiger partial charge in [0.25, 0.3) is 0 Å². The molecule has 1 saturated carbocycles. The summed E-state index contributed by atoms with van der Waals surface area (Å²) in [5.74, 6) is -0.885. The summed E-state index contributed by atoms with van der Waals surface area (Å²) in [7, 11) is 0. The Labute approximate surface area is 82.7 Å². The van der Waals surface area contributed by atoms with Crippen LogP contribution in [0.25, 0.3) is 0 Å². The van der Waals surface area contributed by atoms with E-state index in [9.17, 15) is 4.79 Å². The van der Waals surface area contributed by atoms with Crippen LogP contribution in [-0.2, 0) is 0 Å². The number of hydrogen-bond acceptors (Lipinski definition) is 2. The third-order valence-electron chi connectivity index (χ3n) is 1.85. The minimum absolute atomic E-state index is 0.332. The Bertz CT molecular complexity index is 330. The summed E-state index contributed by atoms with van der Waals surface area (Å²) >= 11 is 1.99. The third kappa shape index (κ3) is 1.21. The highest BCUT2D eigenvalue weighted by atomic mass is 127. The zero-order valence-electron chi connectivity index (χ0n) is 6.20. The lowest BCUT2D eigenvalue weighted by atomic mass is 10.4. The largest absolute Gasteiger partial charge is 0.476 e. The molecule has 0 bridgehead atoms. The molecule has 0 aromatic carbocycles. The molecular weight excluding hydrogens is 271 g/mol. The monoisotopic (exact) mass is 278 g/mol. The number of aromatic nitrogens is 2. The van der Waals surface area contributed by atoms with Gasteiger partial charge in [0, 0.05) is 0 Å².